The maximum atomic E-state index is 13.2. The maximum absolute atomic E-state index is 13.2. The lowest BCUT2D eigenvalue weighted by Crippen LogP contribution is -2.22. The number of hydrogen-bond donors (Lipinski definition) is 1. The molecule has 0 saturated carbocycles. The lowest BCUT2D eigenvalue weighted by Gasteiger charge is -2.17. The second kappa shape index (κ2) is 8.08. The highest BCUT2D eigenvalue weighted by atomic mass is 32.2. The Bertz CT molecular complexity index is 980. The van der Waals surface area contributed by atoms with Crippen molar-refractivity contribution in [2.24, 2.45) is 0 Å². The summed E-state index contributed by atoms with van der Waals surface area (Å²) < 4.78 is 46.4. The minimum atomic E-state index is -4.47. The fourth-order valence-electron chi connectivity index (χ4n) is 2.59. The van der Waals surface area contributed by atoms with Gasteiger partial charge in [0.25, 0.3) is 0 Å². The number of ether oxygens (including phenoxy) is 1. The van der Waals surface area contributed by atoms with E-state index in [4.69, 9.17) is 4.74 Å². The summed E-state index contributed by atoms with van der Waals surface area (Å²) in [5.74, 6) is 1.34. The summed E-state index contributed by atoms with van der Waals surface area (Å²) in [4.78, 5) is 0. The zero-order chi connectivity index (χ0) is 21.2. The zero-order valence-corrected chi connectivity index (χ0v) is 16.9. The van der Waals surface area contributed by atoms with Gasteiger partial charge in [-0.1, -0.05) is 17.8 Å². The number of alkyl halides is 3. The summed E-state index contributed by atoms with van der Waals surface area (Å²) in [5, 5.41) is 18.8. The molecule has 1 N–H and O–H groups in total. The van der Waals surface area contributed by atoms with Crippen LogP contribution in [0.5, 0.6) is 5.75 Å². The first kappa shape index (κ1) is 21.2. The molecule has 3 aromatic rings. The fraction of sp³-hybridized carbons (Fsp3) is 0.300. The Morgan fingerprint density at radius 1 is 1.07 bits per heavy atom. The number of methoxy groups -OCH3 is 1. The van der Waals surface area contributed by atoms with E-state index in [0.717, 1.165) is 12.1 Å². The Labute approximate surface area is 170 Å². The van der Waals surface area contributed by atoms with E-state index in [1.807, 2.05) is 0 Å². The number of halogens is 3. The highest BCUT2D eigenvalue weighted by Crippen LogP contribution is 2.34. The summed E-state index contributed by atoms with van der Waals surface area (Å²) in [6.07, 6.45) is -4.47. The topological polar surface area (TPSA) is 60.2 Å². The van der Waals surface area contributed by atoms with E-state index in [0.29, 0.717) is 28.0 Å². The molecule has 1 aromatic heterocycles. The van der Waals surface area contributed by atoms with Gasteiger partial charge >= 0.3 is 6.18 Å². The van der Waals surface area contributed by atoms with Gasteiger partial charge in [-0.3, -0.25) is 4.57 Å². The van der Waals surface area contributed by atoms with Gasteiger partial charge in [0.2, 0.25) is 0 Å². The third kappa shape index (κ3) is 5.10. The molecule has 154 valence electrons. The van der Waals surface area contributed by atoms with E-state index in [1.54, 1.807) is 55.9 Å². The van der Waals surface area contributed by atoms with Crippen molar-refractivity contribution in [1.82, 2.24) is 14.8 Å². The second-order valence-corrected chi connectivity index (χ2v) is 7.96. The molecule has 0 radical (unpaired) electrons. The van der Waals surface area contributed by atoms with Gasteiger partial charge in [0.15, 0.2) is 11.0 Å². The molecule has 0 spiro atoms. The average molecular weight is 423 g/mol. The Kier molecular flexibility index (Phi) is 5.90. The summed E-state index contributed by atoms with van der Waals surface area (Å²) in [6.45, 7) is 3.30. The Hall–Kier alpha value is -2.52. The van der Waals surface area contributed by atoms with Crippen LogP contribution in [0.4, 0.5) is 13.2 Å². The molecular formula is C20H20F3N3O2S. The van der Waals surface area contributed by atoms with Crippen LogP contribution in [0.25, 0.3) is 17.1 Å². The zero-order valence-electron chi connectivity index (χ0n) is 16.1. The molecule has 5 nitrogen and oxygen atoms in total. The minimum Gasteiger partial charge on any atom is -0.497 e. The maximum Gasteiger partial charge on any atom is 0.416 e. The van der Waals surface area contributed by atoms with Gasteiger partial charge < -0.3 is 9.84 Å². The summed E-state index contributed by atoms with van der Waals surface area (Å²) in [5.41, 5.74) is -0.780. The molecular weight excluding hydrogens is 403 g/mol. The van der Waals surface area contributed by atoms with Crippen molar-refractivity contribution in [3.63, 3.8) is 0 Å². The van der Waals surface area contributed by atoms with Crippen molar-refractivity contribution in [2.75, 3.05) is 12.9 Å². The minimum absolute atomic E-state index is 0.286. The van der Waals surface area contributed by atoms with Crippen LogP contribution >= 0.6 is 11.8 Å². The largest absolute Gasteiger partial charge is 0.497 e. The smallest absolute Gasteiger partial charge is 0.416 e. The van der Waals surface area contributed by atoms with Gasteiger partial charge in [0, 0.05) is 11.3 Å². The van der Waals surface area contributed by atoms with Crippen LogP contribution < -0.4 is 4.74 Å². The molecule has 0 saturated heterocycles. The summed E-state index contributed by atoms with van der Waals surface area (Å²) in [7, 11) is 1.55. The van der Waals surface area contributed by atoms with Gasteiger partial charge in [0.05, 0.1) is 24.0 Å². The van der Waals surface area contributed by atoms with E-state index in [-0.39, 0.29) is 5.69 Å². The van der Waals surface area contributed by atoms with Crippen LogP contribution in [0.15, 0.2) is 53.7 Å². The van der Waals surface area contributed by atoms with Gasteiger partial charge in [-0.25, -0.2) is 0 Å². The lowest BCUT2D eigenvalue weighted by atomic mass is 10.1. The molecule has 0 fully saturated rings. The predicted octanol–water partition coefficient (Wildman–Crippen LogP) is 4.82. The highest BCUT2D eigenvalue weighted by Gasteiger charge is 2.31. The van der Waals surface area contributed by atoms with E-state index in [2.05, 4.69) is 10.2 Å². The molecule has 0 unspecified atom stereocenters. The standard InChI is InChI=1S/C20H20F3N3O2S/c1-19(2,27)12-29-18-25-24-17(13-7-9-16(28-3)10-8-13)26(18)15-6-4-5-14(11-15)20(21,22)23/h4-11,27H,12H2,1-3H3. The van der Waals surface area contributed by atoms with Crippen LogP contribution in [0.3, 0.4) is 0 Å². The van der Waals surface area contributed by atoms with Crippen molar-refractivity contribution in [1.29, 1.82) is 0 Å². The van der Waals surface area contributed by atoms with Gasteiger partial charge in [-0.05, 0) is 56.3 Å². The summed E-state index contributed by atoms with van der Waals surface area (Å²) >= 11 is 1.22. The number of aromatic nitrogens is 3. The van der Waals surface area contributed by atoms with Crippen molar-refractivity contribution < 1.29 is 23.0 Å². The number of hydrogen-bond acceptors (Lipinski definition) is 5. The molecule has 0 aliphatic heterocycles. The molecule has 1 heterocycles. The predicted molar refractivity (Wildman–Crippen MR) is 105 cm³/mol. The monoisotopic (exact) mass is 423 g/mol. The van der Waals surface area contributed by atoms with E-state index < -0.39 is 17.3 Å². The van der Waals surface area contributed by atoms with E-state index in [9.17, 15) is 18.3 Å². The molecule has 0 amide bonds. The third-order valence-corrected chi connectivity index (χ3v) is 5.34. The van der Waals surface area contributed by atoms with Crippen LogP contribution in [0.1, 0.15) is 19.4 Å². The van der Waals surface area contributed by atoms with Crippen molar-refractivity contribution >= 4 is 11.8 Å². The van der Waals surface area contributed by atoms with Crippen LogP contribution in [-0.2, 0) is 6.18 Å². The van der Waals surface area contributed by atoms with Crippen LogP contribution in [-0.4, -0.2) is 38.3 Å². The van der Waals surface area contributed by atoms with Crippen molar-refractivity contribution in [2.45, 2.75) is 30.8 Å². The number of aliphatic hydroxyl groups is 1. The number of benzene rings is 2. The Morgan fingerprint density at radius 2 is 1.76 bits per heavy atom. The molecule has 9 heteroatoms. The Morgan fingerprint density at radius 3 is 2.34 bits per heavy atom. The molecule has 3 rings (SSSR count). The quantitative estimate of drug-likeness (QED) is 0.576. The number of nitrogens with zero attached hydrogens (tertiary/aromatic N) is 3. The number of thioether (sulfide) groups is 1. The Balaban J connectivity index is 2.12. The van der Waals surface area contributed by atoms with Gasteiger partial charge in [-0.15, -0.1) is 10.2 Å². The lowest BCUT2D eigenvalue weighted by molar-refractivity contribution is -0.137. The van der Waals surface area contributed by atoms with Crippen LogP contribution in [0, 0.1) is 0 Å². The van der Waals surface area contributed by atoms with E-state index in [1.165, 1.54) is 17.8 Å². The molecule has 0 aliphatic rings. The number of rotatable bonds is 6. The first-order chi connectivity index (χ1) is 13.6. The molecule has 0 bridgehead atoms. The molecule has 2 aromatic carbocycles. The molecule has 29 heavy (non-hydrogen) atoms. The van der Waals surface area contributed by atoms with Crippen molar-refractivity contribution in [3.8, 4) is 22.8 Å². The molecule has 0 atom stereocenters. The van der Waals surface area contributed by atoms with Crippen molar-refractivity contribution in [3.05, 3.63) is 54.1 Å². The normalized spacial score (nSPS) is 12.2. The second-order valence-electron chi connectivity index (χ2n) is 7.02. The first-order valence-electron chi connectivity index (χ1n) is 8.71. The highest BCUT2D eigenvalue weighted by molar-refractivity contribution is 7.99. The van der Waals surface area contributed by atoms with E-state index >= 15 is 0 Å². The summed E-state index contributed by atoms with van der Waals surface area (Å²) in [6, 6.07) is 12.0. The fourth-order valence-corrected chi connectivity index (χ4v) is 3.49. The SMILES string of the molecule is COc1ccc(-c2nnc(SCC(C)(C)O)n2-c2cccc(C(F)(F)F)c2)cc1. The average Bonchev–Trinajstić information content (AvgIpc) is 3.09. The van der Waals surface area contributed by atoms with Crippen LogP contribution in [0.2, 0.25) is 0 Å². The van der Waals surface area contributed by atoms with Gasteiger partial charge in [0.1, 0.15) is 5.75 Å². The van der Waals surface area contributed by atoms with Gasteiger partial charge in [-0.2, -0.15) is 13.2 Å². The third-order valence-electron chi connectivity index (χ3n) is 3.97. The first-order valence-corrected chi connectivity index (χ1v) is 9.70. The molecule has 0 aliphatic carbocycles.